The van der Waals surface area contributed by atoms with Crippen LogP contribution in [-0.4, -0.2) is 20.7 Å². The normalized spacial score (nSPS) is 10.2. The molecule has 5 heteroatoms. The molecule has 1 aromatic heterocycles. The van der Waals surface area contributed by atoms with Crippen molar-refractivity contribution in [1.29, 1.82) is 0 Å². The number of hydrogen-bond donors (Lipinski definition) is 1. The van der Waals surface area contributed by atoms with Crippen molar-refractivity contribution in [2.45, 2.75) is 20.4 Å². The van der Waals surface area contributed by atoms with Crippen molar-refractivity contribution in [3.8, 4) is 0 Å². The van der Waals surface area contributed by atoms with E-state index in [-0.39, 0.29) is 12.5 Å². The van der Waals surface area contributed by atoms with E-state index in [1.54, 1.807) is 0 Å². The van der Waals surface area contributed by atoms with Crippen LogP contribution in [-0.2, 0) is 11.3 Å². The van der Waals surface area contributed by atoms with Gasteiger partial charge < -0.3 is 5.32 Å². The van der Waals surface area contributed by atoms with Crippen molar-refractivity contribution in [3.05, 3.63) is 42.0 Å². The second kappa shape index (κ2) is 4.78. The molecule has 0 aliphatic carbocycles. The highest BCUT2D eigenvalue weighted by Crippen LogP contribution is 2.16. The van der Waals surface area contributed by atoms with Crippen molar-refractivity contribution in [1.82, 2.24) is 14.8 Å². The van der Waals surface area contributed by atoms with Gasteiger partial charge >= 0.3 is 0 Å². The van der Waals surface area contributed by atoms with Crippen molar-refractivity contribution in [3.63, 3.8) is 0 Å². The van der Waals surface area contributed by atoms with Gasteiger partial charge in [-0.25, -0.2) is 9.67 Å². The zero-order valence-corrected chi connectivity index (χ0v) is 9.84. The molecule has 0 atom stereocenters. The molecule has 0 saturated carbocycles. The third-order valence-electron chi connectivity index (χ3n) is 2.44. The van der Waals surface area contributed by atoms with Crippen LogP contribution in [0.3, 0.4) is 0 Å². The van der Waals surface area contributed by atoms with Gasteiger partial charge in [0.05, 0.1) is 0 Å². The number of aryl methyl sites for hydroxylation is 2. The molecule has 0 aliphatic rings. The number of carbonyl (C=O) groups is 1. The monoisotopic (exact) mass is 230 g/mol. The third kappa shape index (κ3) is 2.90. The SMILES string of the molecule is Cc1ccc(C)c(NC(=O)Cn2cncn2)c1. The first kappa shape index (κ1) is 11.3. The number of nitrogens with zero attached hydrogens (tertiary/aromatic N) is 3. The molecule has 5 nitrogen and oxygen atoms in total. The first-order valence-electron chi connectivity index (χ1n) is 5.34. The summed E-state index contributed by atoms with van der Waals surface area (Å²) in [6, 6.07) is 5.96. The molecule has 0 unspecified atom stereocenters. The summed E-state index contributed by atoms with van der Waals surface area (Å²) in [4.78, 5) is 15.5. The Morgan fingerprint density at radius 2 is 2.24 bits per heavy atom. The van der Waals surface area contributed by atoms with Crippen LogP contribution < -0.4 is 5.32 Å². The Kier molecular flexibility index (Phi) is 3.18. The molecular weight excluding hydrogens is 216 g/mol. The Balaban J connectivity index is 2.05. The summed E-state index contributed by atoms with van der Waals surface area (Å²) in [5.74, 6) is -0.107. The van der Waals surface area contributed by atoms with Gasteiger partial charge in [0.2, 0.25) is 5.91 Å². The Bertz CT molecular complexity index is 519. The van der Waals surface area contributed by atoms with Gasteiger partial charge in [-0.05, 0) is 31.0 Å². The fourth-order valence-corrected chi connectivity index (χ4v) is 1.52. The summed E-state index contributed by atoms with van der Waals surface area (Å²) >= 11 is 0. The second-order valence-electron chi connectivity index (χ2n) is 3.96. The number of aromatic nitrogens is 3. The van der Waals surface area contributed by atoms with E-state index in [1.165, 1.54) is 17.3 Å². The Labute approximate surface area is 99.5 Å². The maximum Gasteiger partial charge on any atom is 0.246 e. The van der Waals surface area contributed by atoms with Crippen LogP contribution in [0.2, 0.25) is 0 Å². The van der Waals surface area contributed by atoms with Gasteiger partial charge in [0, 0.05) is 5.69 Å². The van der Waals surface area contributed by atoms with Gasteiger partial charge in [0.25, 0.3) is 0 Å². The average Bonchev–Trinajstić information content (AvgIpc) is 2.76. The molecule has 0 saturated heterocycles. The van der Waals surface area contributed by atoms with Crippen molar-refractivity contribution >= 4 is 11.6 Å². The largest absolute Gasteiger partial charge is 0.324 e. The molecule has 0 bridgehead atoms. The van der Waals surface area contributed by atoms with Gasteiger partial charge in [-0.3, -0.25) is 4.79 Å². The fourth-order valence-electron chi connectivity index (χ4n) is 1.52. The molecule has 0 fully saturated rings. The summed E-state index contributed by atoms with van der Waals surface area (Å²) in [7, 11) is 0. The minimum atomic E-state index is -0.107. The number of amides is 1. The van der Waals surface area contributed by atoms with Crippen molar-refractivity contribution < 1.29 is 4.79 Å². The summed E-state index contributed by atoms with van der Waals surface area (Å²) in [6.45, 7) is 4.13. The van der Waals surface area contributed by atoms with Gasteiger partial charge in [0.15, 0.2) is 0 Å². The minimum absolute atomic E-state index is 0.107. The summed E-state index contributed by atoms with van der Waals surface area (Å²) in [6.07, 6.45) is 2.92. The molecular formula is C12H14N4O. The van der Waals surface area contributed by atoms with E-state index in [2.05, 4.69) is 15.4 Å². The number of anilines is 1. The molecule has 1 N–H and O–H groups in total. The Morgan fingerprint density at radius 3 is 2.94 bits per heavy atom. The number of carbonyl (C=O) groups excluding carboxylic acids is 1. The van der Waals surface area contributed by atoms with Crippen LogP contribution in [0.25, 0.3) is 0 Å². The first-order chi connectivity index (χ1) is 8.15. The maximum atomic E-state index is 11.7. The van der Waals surface area contributed by atoms with Crippen LogP contribution in [0, 0.1) is 13.8 Å². The van der Waals surface area contributed by atoms with Crippen LogP contribution in [0.4, 0.5) is 5.69 Å². The maximum absolute atomic E-state index is 11.7. The predicted molar refractivity (Wildman–Crippen MR) is 64.6 cm³/mol. The molecule has 2 aromatic rings. The van der Waals surface area contributed by atoms with Crippen LogP contribution in [0.5, 0.6) is 0 Å². The van der Waals surface area contributed by atoms with E-state index in [4.69, 9.17) is 0 Å². The van der Waals surface area contributed by atoms with Gasteiger partial charge in [-0.1, -0.05) is 12.1 Å². The van der Waals surface area contributed by atoms with Crippen LogP contribution in [0.15, 0.2) is 30.9 Å². The lowest BCUT2D eigenvalue weighted by Crippen LogP contribution is -2.19. The molecule has 17 heavy (non-hydrogen) atoms. The average molecular weight is 230 g/mol. The lowest BCUT2D eigenvalue weighted by Gasteiger charge is -2.09. The highest BCUT2D eigenvalue weighted by molar-refractivity contribution is 5.91. The molecule has 0 aliphatic heterocycles. The molecule has 88 valence electrons. The summed E-state index contributed by atoms with van der Waals surface area (Å²) in [5.41, 5.74) is 3.00. The highest BCUT2D eigenvalue weighted by atomic mass is 16.2. The quantitative estimate of drug-likeness (QED) is 0.870. The smallest absolute Gasteiger partial charge is 0.246 e. The lowest BCUT2D eigenvalue weighted by atomic mass is 10.1. The van der Waals surface area contributed by atoms with Gasteiger partial charge in [-0.15, -0.1) is 0 Å². The van der Waals surface area contributed by atoms with E-state index in [1.807, 2.05) is 32.0 Å². The third-order valence-corrected chi connectivity index (χ3v) is 2.44. The van der Waals surface area contributed by atoms with E-state index >= 15 is 0 Å². The minimum Gasteiger partial charge on any atom is -0.324 e. The predicted octanol–water partition coefficient (Wildman–Crippen LogP) is 1.53. The zero-order chi connectivity index (χ0) is 12.3. The molecule has 1 heterocycles. The van der Waals surface area contributed by atoms with Gasteiger partial charge in [0.1, 0.15) is 19.2 Å². The topological polar surface area (TPSA) is 59.8 Å². The Hall–Kier alpha value is -2.17. The zero-order valence-electron chi connectivity index (χ0n) is 9.84. The standard InChI is InChI=1S/C12H14N4O/c1-9-3-4-10(2)11(5-9)15-12(17)6-16-8-13-7-14-16/h3-5,7-8H,6H2,1-2H3,(H,15,17). The number of nitrogens with one attached hydrogen (secondary N) is 1. The molecule has 0 spiro atoms. The van der Waals surface area contributed by atoms with Crippen LogP contribution >= 0.6 is 0 Å². The van der Waals surface area contributed by atoms with E-state index in [9.17, 15) is 4.79 Å². The highest BCUT2D eigenvalue weighted by Gasteiger charge is 2.06. The van der Waals surface area contributed by atoms with Gasteiger partial charge in [-0.2, -0.15) is 5.10 Å². The lowest BCUT2D eigenvalue weighted by molar-refractivity contribution is -0.116. The Morgan fingerprint density at radius 1 is 1.41 bits per heavy atom. The summed E-state index contributed by atoms with van der Waals surface area (Å²) in [5, 5.41) is 6.74. The molecule has 2 rings (SSSR count). The van der Waals surface area contributed by atoms with E-state index < -0.39 is 0 Å². The first-order valence-corrected chi connectivity index (χ1v) is 5.34. The second-order valence-corrected chi connectivity index (χ2v) is 3.96. The molecule has 0 radical (unpaired) electrons. The van der Waals surface area contributed by atoms with E-state index in [0.717, 1.165) is 16.8 Å². The molecule has 1 aromatic carbocycles. The van der Waals surface area contributed by atoms with E-state index in [0.29, 0.717) is 0 Å². The number of benzene rings is 1. The molecule has 1 amide bonds. The number of hydrogen-bond acceptors (Lipinski definition) is 3. The van der Waals surface area contributed by atoms with Crippen molar-refractivity contribution in [2.24, 2.45) is 0 Å². The van der Waals surface area contributed by atoms with Crippen LogP contribution in [0.1, 0.15) is 11.1 Å². The summed E-state index contributed by atoms with van der Waals surface area (Å²) < 4.78 is 1.49. The fraction of sp³-hybridized carbons (Fsp3) is 0.250. The van der Waals surface area contributed by atoms with Crippen molar-refractivity contribution in [2.75, 3.05) is 5.32 Å². The number of rotatable bonds is 3.